The summed E-state index contributed by atoms with van der Waals surface area (Å²) in [5, 5.41) is 7.13. The summed E-state index contributed by atoms with van der Waals surface area (Å²) in [7, 11) is 0. The third-order valence-corrected chi connectivity index (χ3v) is 7.21. The van der Waals surface area contributed by atoms with Gasteiger partial charge in [-0.15, -0.1) is 0 Å². The predicted molar refractivity (Wildman–Crippen MR) is 124 cm³/mol. The molecule has 11 heteroatoms. The third kappa shape index (κ3) is 4.47. The first-order valence-electron chi connectivity index (χ1n) is 11.9. The van der Waals surface area contributed by atoms with Gasteiger partial charge in [-0.1, -0.05) is 5.16 Å². The summed E-state index contributed by atoms with van der Waals surface area (Å²) < 4.78 is 11.3. The Labute approximate surface area is 203 Å². The lowest BCUT2D eigenvalue weighted by Crippen LogP contribution is -2.61. The molecule has 5 heterocycles. The molecule has 0 radical (unpaired) electrons. The second kappa shape index (κ2) is 9.29. The molecule has 3 amide bonds. The third-order valence-electron chi connectivity index (χ3n) is 7.21. The lowest BCUT2D eigenvalue weighted by Gasteiger charge is -2.42. The van der Waals surface area contributed by atoms with Gasteiger partial charge >= 0.3 is 0 Å². The summed E-state index contributed by atoms with van der Waals surface area (Å²) in [6.45, 7) is 7.69. The van der Waals surface area contributed by atoms with Crippen LogP contribution in [0.15, 0.2) is 22.9 Å². The molecule has 0 aromatic carbocycles. The van der Waals surface area contributed by atoms with Gasteiger partial charge in [-0.25, -0.2) is 4.98 Å². The maximum atomic E-state index is 13.9. The van der Waals surface area contributed by atoms with Crippen LogP contribution in [0.4, 0.5) is 0 Å². The number of pyridine rings is 1. The first-order valence-corrected chi connectivity index (χ1v) is 11.9. The number of amides is 3. The molecule has 2 bridgehead atoms. The van der Waals surface area contributed by atoms with E-state index in [4.69, 9.17) is 9.26 Å². The van der Waals surface area contributed by atoms with Crippen LogP contribution in [-0.4, -0.2) is 93.5 Å². The fraction of sp³-hybridized carbons (Fsp3) is 0.542. The fourth-order valence-electron chi connectivity index (χ4n) is 5.25. The van der Waals surface area contributed by atoms with Crippen molar-refractivity contribution in [2.75, 3.05) is 32.8 Å². The Hall–Kier alpha value is -3.47. The zero-order chi connectivity index (χ0) is 24.7. The molecule has 2 aromatic rings. The second-order valence-electron chi connectivity index (χ2n) is 9.47. The van der Waals surface area contributed by atoms with Gasteiger partial charge in [-0.3, -0.25) is 19.3 Å². The quantitative estimate of drug-likeness (QED) is 0.657. The molecular weight excluding hydrogens is 452 g/mol. The number of nitrogens with one attached hydrogen (secondary N) is 1. The van der Waals surface area contributed by atoms with Gasteiger partial charge < -0.3 is 24.4 Å². The average Bonchev–Trinajstić information content (AvgIpc) is 3.39. The number of fused-ring (bicyclic) bond motifs is 4. The standard InChI is InChI=1S/C24H30N6O5/c1-14-20(15(2)35-27-14)12-29-10-17-9-21(29)24(33)30-8-7-28(16(3)31)11-18(30)13-34-23-19(22(32)26-17)5-4-6-25-23/h4-6,17-18,21H,7-13H2,1-3H3,(H,26,32)/t17-,18-,21-/m0/s1. The summed E-state index contributed by atoms with van der Waals surface area (Å²) in [5.41, 5.74) is 2.10. The van der Waals surface area contributed by atoms with Crippen LogP contribution in [0.5, 0.6) is 5.88 Å². The summed E-state index contributed by atoms with van der Waals surface area (Å²) in [6.07, 6.45) is 2.06. The van der Waals surface area contributed by atoms with E-state index >= 15 is 0 Å². The molecule has 3 atom stereocenters. The van der Waals surface area contributed by atoms with Crippen LogP contribution < -0.4 is 10.1 Å². The summed E-state index contributed by atoms with van der Waals surface area (Å²) in [5.74, 6) is 0.602. The van der Waals surface area contributed by atoms with Crippen LogP contribution >= 0.6 is 0 Å². The first-order chi connectivity index (χ1) is 16.8. The number of carbonyl (C=O) groups is 3. The maximum Gasteiger partial charge on any atom is 0.257 e. The smallest absolute Gasteiger partial charge is 0.257 e. The minimum atomic E-state index is -0.423. The number of piperazine rings is 1. The Kier molecular flexibility index (Phi) is 6.18. The summed E-state index contributed by atoms with van der Waals surface area (Å²) in [4.78, 5) is 49.1. The van der Waals surface area contributed by atoms with Gasteiger partial charge in [0.05, 0.1) is 17.8 Å². The lowest BCUT2D eigenvalue weighted by molar-refractivity contribution is -0.146. The molecule has 5 rings (SSSR count). The number of nitrogens with zero attached hydrogens (tertiary/aromatic N) is 5. The van der Waals surface area contributed by atoms with Crippen molar-refractivity contribution in [3.63, 3.8) is 0 Å². The van der Waals surface area contributed by atoms with Crippen LogP contribution in [0.1, 0.15) is 40.7 Å². The summed E-state index contributed by atoms with van der Waals surface area (Å²) >= 11 is 0. The van der Waals surface area contributed by atoms with Crippen LogP contribution in [0.3, 0.4) is 0 Å². The SMILES string of the molecule is CC(=O)N1CCN2C(=O)[C@@H]3C[C@@H](CN3Cc3c(C)noc3C)NC(=O)c3cccnc3OC[C@@H]2C1. The van der Waals surface area contributed by atoms with E-state index in [2.05, 4.69) is 20.4 Å². The molecule has 186 valence electrons. The average molecular weight is 483 g/mol. The highest BCUT2D eigenvalue weighted by molar-refractivity contribution is 5.96. The fourth-order valence-corrected chi connectivity index (χ4v) is 5.25. The van der Waals surface area contributed by atoms with Crippen molar-refractivity contribution in [2.45, 2.75) is 51.9 Å². The molecule has 3 aliphatic rings. The molecule has 2 fully saturated rings. The Morgan fingerprint density at radius 3 is 2.80 bits per heavy atom. The van der Waals surface area contributed by atoms with Crippen molar-refractivity contribution >= 4 is 17.7 Å². The Balaban J connectivity index is 1.49. The molecule has 11 nitrogen and oxygen atoms in total. The van der Waals surface area contributed by atoms with Crippen LogP contribution in [-0.2, 0) is 16.1 Å². The van der Waals surface area contributed by atoms with Crippen molar-refractivity contribution in [1.29, 1.82) is 0 Å². The molecule has 0 saturated carbocycles. The van der Waals surface area contributed by atoms with Gasteiger partial charge in [0.2, 0.25) is 17.7 Å². The lowest BCUT2D eigenvalue weighted by atomic mass is 10.1. The number of aryl methyl sites for hydroxylation is 2. The predicted octanol–water partition coefficient (Wildman–Crippen LogP) is 0.511. The molecule has 0 unspecified atom stereocenters. The molecule has 0 spiro atoms. The highest BCUT2D eigenvalue weighted by Gasteiger charge is 2.43. The van der Waals surface area contributed by atoms with Gasteiger partial charge in [0.15, 0.2) is 0 Å². The molecule has 35 heavy (non-hydrogen) atoms. The maximum absolute atomic E-state index is 13.9. The molecule has 3 aliphatic heterocycles. The number of rotatable bonds is 2. The van der Waals surface area contributed by atoms with E-state index in [-0.39, 0.29) is 42.3 Å². The van der Waals surface area contributed by atoms with E-state index < -0.39 is 6.04 Å². The largest absolute Gasteiger partial charge is 0.475 e. The van der Waals surface area contributed by atoms with E-state index in [0.717, 1.165) is 17.0 Å². The highest BCUT2D eigenvalue weighted by atomic mass is 16.5. The van der Waals surface area contributed by atoms with Gasteiger partial charge in [0.1, 0.15) is 17.9 Å². The van der Waals surface area contributed by atoms with Gasteiger partial charge in [-0.05, 0) is 32.4 Å². The van der Waals surface area contributed by atoms with Crippen molar-refractivity contribution in [1.82, 2.24) is 30.2 Å². The Morgan fingerprint density at radius 2 is 2.06 bits per heavy atom. The molecule has 2 aromatic heterocycles. The number of likely N-dealkylation sites (tertiary alicyclic amines) is 1. The molecule has 2 saturated heterocycles. The molecular formula is C24H30N6O5. The minimum Gasteiger partial charge on any atom is -0.475 e. The second-order valence-corrected chi connectivity index (χ2v) is 9.47. The van der Waals surface area contributed by atoms with Crippen molar-refractivity contribution in [3.05, 3.63) is 40.9 Å². The van der Waals surface area contributed by atoms with Crippen molar-refractivity contribution in [2.24, 2.45) is 0 Å². The van der Waals surface area contributed by atoms with Crippen LogP contribution in [0.2, 0.25) is 0 Å². The van der Waals surface area contributed by atoms with Gasteiger partial charge in [-0.2, -0.15) is 0 Å². The van der Waals surface area contributed by atoms with Crippen LogP contribution in [0, 0.1) is 13.8 Å². The van der Waals surface area contributed by atoms with E-state index in [0.29, 0.717) is 44.7 Å². The number of carbonyl (C=O) groups excluding carboxylic acids is 3. The number of hydrogen-bond donors (Lipinski definition) is 1. The van der Waals surface area contributed by atoms with Crippen molar-refractivity contribution in [3.8, 4) is 5.88 Å². The van der Waals surface area contributed by atoms with E-state index in [1.807, 2.05) is 18.7 Å². The summed E-state index contributed by atoms with van der Waals surface area (Å²) in [6, 6.07) is 2.39. The Morgan fingerprint density at radius 1 is 1.23 bits per heavy atom. The zero-order valence-corrected chi connectivity index (χ0v) is 20.2. The number of ether oxygens (including phenoxy) is 1. The van der Waals surface area contributed by atoms with Crippen LogP contribution in [0.25, 0.3) is 0 Å². The van der Waals surface area contributed by atoms with Gasteiger partial charge in [0, 0.05) is 57.4 Å². The van der Waals surface area contributed by atoms with E-state index in [1.54, 1.807) is 23.2 Å². The zero-order valence-electron chi connectivity index (χ0n) is 20.2. The molecule has 0 aliphatic carbocycles. The van der Waals surface area contributed by atoms with E-state index in [9.17, 15) is 14.4 Å². The first kappa shape index (κ1) is 23.3. The normalized spacial score (nSPS) is 25.2. The van der Waals surface area contributed by atoms with Gasteiger partial charge in [0.25, 0.3) is 5.91 Å². The number of hydrogen-bond acceptors (Lipinski definition) is 8. The monoisotopic (exact) mass is 482 g/mol. The molecule has 1 N–H and O–H groups in total. The topological polar surface area (TPSA) is 121 Å². The highest BCUT2D eigenvalue weighted by Crippen LogP contribution is 2.28. The minimum absolute atomic E-state index is 0.0212. The van der Waals surface area contributed by atoms with Crippen molar-refractivity contribution < 1.29 is 23.6 Å². The Bertz CT molecular complexity index is 1130. The number of aromatic nitrogens is 2. The van der Waals surface area contributed by atoms with E-state index in [1.165, 1.54) is 6.92 Å².